The van der Waals surface area contributed by atoms with E-state index >= 15 is 0 Å². The molecule has 0 aliphatic rings. The molecule has 0 saturated carbocycles. The Morgan fingerprint density at radius 1 is 1.37 bits per heavy atom. The molecule has 0 bridgehead atoms. The molecule has 5 heteroatoms. The van der Waals surface area contributed by atoms with Crippen molar-refractivity contribution in [1.82, 2.24) is 15.3 Å². The van der Waals surface area contributed by atoms with Gasteiger partial charge in [-0.3, -0.25) is 4.79 Å². The van der Waals surface area contributed by atoms with Gasteiger partial charge in [-0.15, -0.1) is 11.3 Å². The first-order chi connectivity index (χ1) is 9.33. The van der Waals surface area contributed by atoms with Crippen molar-refractivity contribution >= 4 is 28.1 Å². The predicted octanol–water partition coefficient (Wildman–Crippen LogP) is 2.48. The Morgan fingerprint density at radius 2 is 2.26 bits per heavy atom. The molecule has 0 fully saturated rings. The SMILES string of the molecule is O=C(Cc1c[nH]c2ccccc12)NCc1cscn1. The van der Waals surface area contributed by atoms with E-state index in [-0.39, 0.29) is 5.91 Å². The Bertz CT molecular complexity index is 688. The fraction of sp³-hybridized carbons (Fsp3) is 0.143. The lowest BCUT2D eigenvalue weighted by molar-refractivity contribution is -0.120. The molecular formula is C14H13N3OS. The van der Waals surface area contributed by atoms with Gasteiger partial charge in [0.25, 0.3) is 0 Å². The first kappa shape index (κ1) is 11.9. The highest BCUT2D eigenvalue weighted by Gasteiger charge is 2.08. The zero-order valence-electron chi connectivity index (χ0n) is 10.2. The fourth-order valence-electron chi connectivity index (χ4n) is 2.03. The number of nitrogens with zero attached hydrogens (tertiary/aromatic N) is 1. The molecule has 2 heterocycles. The zero-order chi connectivity index (χ0) is 13.1. The number of thiazole rings is 1. The van der Waals surface area contributed by atoms with Crippen LogP contribution in [-0.4, -0.2) is 15.9 Å². The molecule has 0 saturated heterocycles. The number of hydrogen-bond acceptors (Lipinski definition) is 3. The van der Waals surface area contributed by atoms with Crippen molar-refractivity contribution in [2.24, 2.45) is 0 Å². The van der Waals surface area contributed by atoms with Crippen molar-refractivity contribution < 1.29 is 4.79 Å². The highest BCUT2D eigenvalue weighted by molar-refractivity contribution is 7.07. The van der Waals surface area contributed by atoms with E-state index in [2.05, 4.69) is 15.3 Å². The Labute approximate surface area is 114 Å². The number of carbonyl (C=O) groups excluding carboxylic acids is 1. The molecule has 3 rings (SSSR count). The minimum absolute atomic E-state index is 0.0118. The summed E-state index contributed by atoms with van der Waals surface area (Å²) in [5, 5.41) is 5.92. The number of nitrogens with one attached hydrogen (secondary N) is 2. The van der Waals surface area contributed by atoms with Gasteiger partial charge in [0.2, 0.25) is 5.91 Å². The van der Waals surface area contributed by atoms with Crippen LogP contribution in [-0.2, 0) is 17.8 Å². The minimum atomic E-state index is 0.0118. The smallest absolute Gasteiger partial charge is 0.224 e. The number of fused-ring (bicyclic) bond motifs is 1. The van der Waals surface area contributed by atoms with Gasteiger partial charge < -0.3 is 10.3 Å². The highest BCUT2D eigenvalue weighted by atomic mass is 32.1. The Morgan fingerprint density at radius 3 is 3.11 bits per heavy atom. The first-order valence-electron chi connectivity index (χ1n) is 6.01. The summed E-state index contributed by atoms with van der Waals surface area (Å²) in [6, 6.07) is 7.98. The van der Waals surface area contributed by atoms with Crippen LogP contribution < -0.4 is 5.32 Å². The number of aromatic amines is 1. The number of H-pyrrole nitrogens is 1. The molecule has 4 nitrogen and oxygen atoms in total. The van der Waals surface area contributed by atoms with Crippen molar-refractivity contribution in [3.8, 4) is 0 Å². The van der Waals surface area contributed by atoms with Gasteiger partial charge in [-0.1, -0.05) is 18.2 Å². The second-order valence-electron chi connectivity index (χ2n) is 4.29. The van der Waals surface area contributed by atoms with Crippen molar-refractivity contribution in [3.05, 3.63) is 52.6 Å². The maximum atomic E-state index is 11.9. The van der Waals surface area contributed by atoms with Gasteiger partial charge in [0, 0.05) is 22.5 Å². The van der Waals surface area contributed by atoms with Gasteiger partial charge in [0.1, 0.15) is 0 Å². The van der Waals surface area contributed by atoms with Crippen LogP contribution in [0.3, 0.4) is 0 Å². The average Bonchev–Trinajstić information content (AvgIpc) is 3.07. The molecule has 19 heavy (non-hydrogen) atoms. The Hall–Kier alpha value is -2.14. The van der Waals surface area contributed by atoms with Crippen molar-refractivity contribution in [3.63, 3.8) is 0 Å². The number of hydrogen-bond donors (Lipinski definition) is 2. The zero-order valence-corrected chi connectivity index (χ0v) is 11.0. The van der Waals surface area contributed by atoms with Crippen molar-refractivity contribution in [2.75, 3.05) is 0 Å². The van der Waals surface area contributed by atoms with Gasteiger partial charge in [-0.05, 0) is 11.6 Å². The Balaban J connectivity index is 1.66. The number of para-hydroxylation sites is 1. The normalized spacial score (nSPS) is 10.7. The number of benzene rings is 1. The lowest BCUT2D eigenvalue weighted by Crippen LogP contribution is -2.24. The van der Waals surface area contributed by atoms with Crippen LogP contribution in [0.1, 0.15) is 11.3 Å². The summed E-state index contributed by atoms with van der Waals surface area (Å²) in [6.07, 6.45) is 2.28. The summed E-state index contributed by atoms with van der Waals surface area (Å²) in [7, 11) is 0. The predicted molar refractivity (Wildman–Crippen MR) is 76.0 cm³/mol. The van der Waals surface area contributed by atoms with Crippen LogP contribution in [0.25, 0.3) is 10.9 Å². The maximum absolute atomic E-state index is 11.9. The van der Waals surface area contributed by atoms with E-state index in [0.29, 0.717) is 13.0 Å². The molecular weight excluding hydrogens is 258 g/mol. The molecule has 3 aromatic rings. The lowest BCUT2D eigenvalue weighted by Gasteiger charge is -2.02. The van der Waals surface area contributed by atoms with Gasteiger partial charge in [-0.2, -0.15) is 0 Å². The highest BCUT2D eigenvalue weighted by Crippen LogP contribution is 2.17. The monoisotopic (exact) mass is 271 g/mol. The van der Waals surface area contributed by atoms with Crippen LogP contribution in [0.5, 0.6) is 0 Å². The number of carbonyl (C=O) groups is 1. The lowest BCUT2D eigenvalue weighted by atomic mass is 10.1. The van der Waals surface area contributed by atoms with Gasteiger partial charge in [-0.25, -0.2) is 4.98 Å². The summed E-state index contributed by atoms with van der Waals surface area (Å²) in [5.41, 5.74) is 4.75. The summed E-state index contributed by atoms with van der Waals surface area (Å²) in [6.45, 7) is 0.491. The van der Waals surface area contributed by atoms with E-state index in [9.17, 15) is 4.79 Å². The summed E-state index contributed by atoms with van der Waals surface area (Å²) >= 11 is 1.53. The van der Waals surface area contributed by atoms with E-state index < -0.39 is 0 Å². The number of aromatic nitrogens is 2. The number of rotatable bonds is 4. The number of amides is 1. The van der Waals surface area contributed by atoms with Crippen LogP contribution >= 0.6 is 11.3 Å². The van der Waals surface area contributed by atoms with E-state index in [1.807, 2.05) is 35.8 Å². The summed E-state index contributed by atoms with van der Waals surface area (Å²) in [5.74, 6) is 0.0118. The first-order valence-corrected chi connectivity index (χ1v) is 6.96. The van der Waals surface area contributed by atoms with Crippen LogP contribution in [0, 0.1) is 0 Å². The molecule has 2 aromatic heterocycles. The minimum Gasteiger partial charge on any atom is -0.361 e. The second kappa shape index (κ2) is 5.24. The van der Waals surface area contributed by atoms with Gasteiger partial charge in [0.15, 0.2) is 0 Å². The van der Waals surface area contributed by atoms with Crippen LogP contribution in [0.2, 0.25) is 0 Å². The standard InChI is InChI=1S/C14H13N3OS/c18-14(16-7-11-8-19-9-17-11)5-10-6-15-13-4-2-1-3-12(10)13/h1-4,6,8-9,15H,5,7H2,(H,16,18). The largest absolute Gasteiger partial charge is 0.361 e. The van der Waals surface area contributed by atoms with Crippen LogP contribution in [0.4, 0.5) is 0 Å². The molecule has 0 aliphatic heterocycles. The van der Waals surface area contributed by atoms with Crippen LogP contribution in [0.15, 0.2) is 41.4 Å². The van der Waals surface area contributed by atoms with E-state index in [1.165, 1.54) is 11.3 Å². The topological polar surface area (TPSA) is 57.8 Å². The van der Waals surface area contributed by atoms with E-state index in [1.54, 1.807) is 5.51 Å². The molecule has 0 spiro atoms. The molecule has 1 aromatic carbocycles. The Kier molecular flexibility index (Phi) is 3.29. The molecule has 0 radical (unpaired) electrons. The van der Waals surface area contributed by atoms with E-state index in [4.69, 9.17) is 0 Å². The molecule has 0 atom stereocenters. The molecule has 1 amide bonds. The molecule has 0 unspecified atom stereocenters. The van der Waals surface area contributed by atoms with E-state index in [0.717, 1.165) is 22.2 Å². The van der Waals surface area contributed by atoms with Gasteiger partial charge in [0.05, 0.1) is 24.2 Å². The van der Waals surface area contributed by atoms with Crippen molar-refractivity contribution in [1.29, 1.82) is 0 Å². The average molecular weight is 271 g/mol. The van der Waals surface area contributed by atoms with Crippen molar-refractivity contribution in [2.45, 2.75) is 13.0 Å². The quantitative estimate of drug-likeness (QED) is 0.766. The summed E-state index contributed by atoms with van der Waals surface area (Å²) < 4.78 is 0. The third-order valence-electron chi connectivity index (χ3n) is 2.98. The fourth-order valence-corrected chi connectivity index (χ4v) is 2.59. The van der Waals surface area contributed by atoms with Gasteiger partial charge >= 0.3 is 0 Å². The maximum Gasteiger partial charge on any atom is 0.224 e. The molecule has 0 aliphatic carbocycles. The second-order valence-corrected chi connectivity index (χ2v) is 5.01. The molecule has 96 valence electrons. The summed E-state index contributed by atoms with van der Waals surface area (Å²) in [4.78, 5) is 19.2. The molecule has 2 N–H and O–H groups in total. The third kappa shape index (κ3) is 2.66. The third-order valence-corrected chi connectivity index (χ3v) is 3.61.